The molecule has 0 unspecified atom stereocenters. The molecular weight excluding hydrogens is 580 g/mol. The number of esters is 2. The summed E-state index contributed by atoms with van der Waals surface area (Å²) in [5.74, 6) is -6.32. The van der Waals surface area contributed by atoms with Gasteiger partial charge in [-0.05, 0) is 31.9 Å². The van der Waals surface area contributed by atoms with Crippen molar-refractivity contribution < 1.29 is 52.9 Å². The van der Waals surface area contributed by atoms with Crippen LogP contribution in [-0.2, 0) is 55.8 Å². The molecule has 15 heteroatoms. The van der Waals surface area contributed by atoms with Gasteiger partial charge in [0.2, 0.25) is 0 Å². The summed E-state index contributed by atoms with van der Waals surface area (Å²) in [5.41, 5.74) is 5.00. The molecule has 2 rings (SSSR count). The van der Waals surface area contributed by atoms with Crippen molar-refractivity contribution in [2.75, 3.05) is 14.2 Å². The maximum absolute atomic E-state index is 12.3. The second-order valence-electron chi connectivity index (χ2n) is 9.87. The van der Waals surface area contributed by atoms with Crippen LogP contribution in [0.25, 0.3) is 0 Å². The molecular formula is C29H36N4O11. The minimum Gasteiger partial charge on any atom is -0.480 e. The van der Waals surface area contributed by atoms with E-state index < -0.39 is 59.4 Å². The normalized spacial score (nSPS) is 11.6. The number of hydrazine groups is 1. The number of methoxy groups -OCH3 is 2. The lowest BCUT2D eigenvalue weighted by molar-refractivity contribution is -0.154. The van der Waals surface area contributed by atoms with Crippen LogP contribution in [-0.4, -0.2) is 78.7 Å². The minimum atomic E-state index is -1.21. The van der Waals surface area contributed by atoms with Crippen LogP contribution in [0.2, 0.25) is 0 Å². The number of benzene rings is 2. The highest BCUT2D eigenvalue weighted by Gasteiger charge is 2.26. The number of nitrogens with one attached hydrogen (secondary N) is 4. The molecule has 238 valence electrons. The lowest BCUT2D eigenvalue weighted by atomic mass is 10.1. The van der Waals surface area contributed by atoms with E-state index in [-0.39, 0.29) is 12.8 Å². The number of carboxylic acids is 1. The highest BCUT2D eigenvalue weighted by molar-refractivity contribution is 6.33. The van der Waals surface area contributed by atoms with Gasteiger partial charge in [-0.2, -0.15) is 0 Å². The SMILES string of the molecule is COC(=O)C(=O)N[C@@H](Cc1ccccc1)C(=O)NNC(=O)OC(C)(C)C.COC(=O)C(=O)N[C@@H](Cc1ccccc1)C(=O)O. The van der Waals surface area contributed by atoms with Crippen LogP contribution in [0.5, 0.6) is 0 Å². The topological polar surface area (TPSA) is 216 Å². The van der Waals surface area contributed by atoms with Crippen molar-refractivity contribution in [3.8, 4) is 0 Å². The van der Waals surface area contributed by atoms with E-state index in [2.05, 4.69) is 31.0 Å². The second kappa shape index (κ2) is 18.1. The maximum atomic E-state index is 12.3. The van der Waals surface area contributed by atoms with Crippen LogP contribution < -0.4 is 21.5 Å². The molecule has 0 fully saturated rings. The molecule has 2 aromatic rings. The van der Waals surface area contributed by atoms with E-state index >= 15 is 0 Å². The van der Waals surface area contributed by atoms with Gasteiger partial charge in [-0.3, -0.25) is 19.8 Å². The molecule has 0 aliphatic rings. The average Bonchev–Trinajstić information content (AvgIpc) is 2.98. The minimum absolute atomic E-state index is 0.0961. The number of ether oxygens (including phenoxy) is 3. The Hall–Kier alpha value is -5.47. The first-order valence-electron chi connectivity index (χ1n) is 13.0. The van der Waals surface area contributed by atoms with E-state index in [1.807, 2.05) is 0 Å². The number of aliphatic carboxylic acids is 1. The van der Waals surface area contributed by atoms with Crippen molar-refractivity contribution in [1.29, 1.82) is 0 Å². The Balaban J connectivity index is 0.000000470. The van der Waals surface area contributed by atoms with Crippen molar-refractivity contribution in [2.24, 2.45) is 0 Å². The van der Waals surface area contributed by atoms with Crippen LogP contribution >= 0.6 is 0 Å². The average molecular weight is 617 g/mol. The predicted octanol–water partition coefficient (Wildman–Crippen LogP) is 0.414. The summed E-state index contributed by atoms with van der Waals surface area (Å²) in [5, 5.41) is 13.3. The van der Waals surface area contributed by atoms with Gasteiger partial charge < -0.3 is 30.0 Å². The number of rotatable bonds is 8. The highest BCUT2D eigenvalue weighted by atomic mass is 16.6. The molecule has 0 aromatic heterocycles. The molecule has 15 nitrogen and oxygen atoms in total. The fraction of sp³-hybridized carbons (Fsp3) is 0.345. The van der Waals surface area contributed by atoms with Crippen LogP contribution in [0.15, 0.2) is 60.7 Å². The van der Waals surface area contributed by atoms with Gasteiger partial charge in [0.1, 0.15) is 17.7 Å². The van der Waals surface area contributed by atoms with Gasteiger partial charge in [-0.25, -0.2) is 24.6 Å². The lowest BCUT2D eigenvalue weighted by Gasteiger charge is -2.21. The molecule has 0 spiro atoms. The molecule has 0 saturated heterocycles. The number of amides is 4. The molecule has 4 amide bonds. The zero-order chi connectivity index (χ0) is 33.3. The van der Waals surface area contributed by atoms with E-state index in [9.17, 15) is 33.6 Å². The first-order chi connectivity index (χ1) is 20.7. The summed E-state index contributed by atoms with van der Waals surface area (Å²) >= 11 is 0. The largest absolute Gasteiger partial charge is 0.480 e. The summed E-state index contributed by atoms with van der Waals surface area (Å²) < 4.78 is 13.5. The Morgan fingerprint density at radius 1 is 0.682 bits per heavy atom. The molecule has 0 heterocycles. The molecule has 0 bridgehead atoms. The first kappa shape index (κ1) is 36.6. The molecule has 0 aliphatic carbocycles. The summed E-state index contributed by atoms with van der Waals surface area (Å²) in [6.45, 7) is 5.01. The maximum Gasteiger partial charge on any atom is 0.426 e. The van der Waals surface area contributed by atoms with E-state index in [0.29, 0.717) is 0 Å². The van der Waals surface area contributed by atoms with Crippen LogP contribution in [0.3, 0.4) is 0 Å². The Labute approximate surface area is 253 Å². The third kappa shape index (κ3) is 14.4. The standard InChI is InChI=1S/C17H23N3O6.C12H13NO5/c1-17(2,3)26-16(24)20-19-13(21)12(18-14(22)15(23)25-4)10-11-8-6-5-7-9-11;1-18-12(17)10(14)13-9(11(15)16)7-8-5-3-2-4-6-8/h5-9,12H,10H2,1-4H3,(H,18,22)(H,19,21)(H,20,24);2-6,9H,7H2,1H3,(H,13,14)(H,15,16)/t12-;9-/m00/s1. The fourth-order valence-corrected chi connectivity index (χ4v) is 3.23. The zero-order valence-corrected chi connectivity index (χ0v) is 24.9. The van der Waals surface area contributed by atoms with Crippen LogP contribution in [0.1, 0.15) is 31.9 Å². The molecule has 0 radical (unpaired) electrons. The van der Waals surface area contributed by atoms with Gasteiger partial charge in [0.15, 0.2) is 0 Å². The monoisotopic (exact) mass is 616 g/mol. The van der Waals surface area contributed by atoms with E-state index in [4.69, 9.17) is 9.84 Å². The number of hydrogen-bond acceptors (Lipinski definition) is 10. The first-order valence-corrected chi connectivity index (χ1v) is 13.0. The molecule has 2 aromatic carbocycles. The predicted molar refractivity (Wildman–Crippen MR) is 153 cm³/mol. The van der Waals surface area contributed by atoms with Gasteiger partial charge in [0.05, 0.1) is 14.2 Å². The Bertz CT molecular complexity index is 1300. The third-order valence-electron chi connectivity index (χ3n) is 5.22. The molecule has 2 atom stereocenters. The number of carbonyl (C=O) groups excluding carboxylic acids is 6. The van der Waals surface area contributed by atoms with Crippen molar-refractivity contribution in [1.82, 2.24) is 21.5 Å². The summed E-state index contributed by atoms with van der Waals surface area (Å²) in [6, 6.07) is 15.4. The van der Waals surface area contributed by atoms with Crippen molar-refractivity contribution in [2.45, 2.75) is 51.3 Å². The van der Waals surface area contributed by atoms with E-state index in [1.165, 1.54) is 0 Å². The quantitative estimate of drug-likeness (QED) is 0.118. The molecule has 5 N–H and O–H groups in total. The smallest absolute Gasteiger partial charge is 0.426 e. The number of carboxylic acid groups (broad SMARTS) is 1. The lowest BCUT2D eigenvalue weighted by Crippen LogP contribution is -2.54. The van der Waals surface area contributed by atoms with Gasteiger partial charge in [-0.15, -0.1) is 0 Å². The Morgan fingerprint density at radius 2 is 1.09 bits per heavy atom. The number of hydrogen-bond donors (Lipinski definition) is 5. The van der Waals surface area contributed by atoms with E-state index in [1.54, 1.807) is 81.4 Å². The third-order valence-corrected chi connectivity index (χ3v) is 5.22. The van der Waals surface area contributed by atoms with Crippen molar-refractivity contribution >= 4 is 41.7 Å². The van der Waals surface area contributed by atoms with Gasteiger partial charge in [-0.1, -0.05) is 60.7 Å². The van der Waals surface area contributed by atoms with Crippen molar-refractivity contribution in [3.05, 3.63) is 71.8 Å². The van der Waals surface area contributed by atoms with Crippen LogP contribution in [0.4, 0.5) is 4.79 Å². The summed E-state index contributed by atoms with van der Waals surface area (Å²) in [4.78, 5) is 80.1. The van der Waals surface area contributed by atoms with E-state index in [0.717, 1.165) is 25.3 Å². The summed E-state index contributed by atoms with van der Waals surface area (Å²) in [7, 11) is 2.10. The second-order valence-corrected chi connectivity index (χ2v) is 9.87. The van der Waals surface area contributed by atoms with Crippen molar-refractivity contribution in [3.63, 3.8) is 0 Å². The Morgan fingerprint density at radius 3 is 1.48 bits per heavy atom. The summed E-state index contributed by atoms with van der Waals surface area (Å²) in [6.07, 6.45) is -0.659. The van der Waals surface area contributed by atoms with Crippen LogP contribution in [0, 0.1) is 0 Å². The molecule has 0 saturated carbocycles. The van der Waals surface area contributed by atoms with Gasteiger partial charge in [0.25, 0.3) is 5.91 Å². The Kier molecular flexibility index (Phi) is 15.1. The molecule has 44 heavy (non-hydrogen) atoms. The number of carbonyl (C=O) groups is 7. The fourth-order valence-electron chi connectivity index (χ4n) is 3.23. The highest BCUT2D eigenvalue weighted by Crippen LogP contribution is 2.07. The van der Waals surface area contributed by atoms with Gasteiger partial charge in [0, 0.05) is 12.8 Å². The zero-order valence-electron chi connectivity index (χ0n) is 24.9. The molecule has 0 aliphatic heterocycles. The van der Waals surface area contributed by atoms with Gasteiger partial charge >= 0.3 is 35.8 Å².